The molecule has 2 aromatic rings. The fourth-order valence-electron chi connectivity index (χ4n) is 2.97. The highest BCUT2D eigenvalue weighted by atomic mass is 16.5. The smallest absolute Gasteiger partial charge is 0.161 e. The number of nitrogen functional groups attached to an aromatic ring is 1. The molecular weight excluding hydrogens is 290 g/mol. The molecule has 0 amide bonds. The molecule has 1 saturated carbocycles. The highest BCUT2D eigenvalue weighted by Gasteiger charge is 2.28. The van der Waals surface area contributed by atoms with Crippen LogP contribution in [0.1, 0.15) is 31.4 Å². The average molecular weight is 311 g/mol. The maximum Gasteiger partial charge on any atom is 0.161 e. The van der Waals surface area contributed by atoms with Crippen LogP contribution in [0.3, 0.4) is 0 Å². The highest BCUT2D eigenvalue weighted by Crippen LogP contribution is 2.40. The molecule has 4 rings (SSSR count). The zero-order chi connectivity index (χ0) is 15.8. The molecule has 1 aliphatic carbocycles. The topological polar surface area (TPSA) is 77.2 Å². The van der Waals surface area contributed by atoms with Gasteiger partial charge in [0.05, 0.1) is 19.3 Å². The van der Waals surface area contributed by atoms with Crippen LogP contribution >= 0.6 is 0 Å². The highest BCUT2D eigenvalue weighted by molar-refractivity contribution is 5.61. The molecule has 0 bridgehead atoms. The molecule has 2 N–H and O–H groups in total. The summed E-state index contributed by atoms with van der Waals surface area (Å²) in [6.45, 7) is 4.51. The summed E-state index contributed by atoms with van der Waals surface area (Å²) in [6, 6.07) is 6.21. The molecule has 2 aliphatic rings. The molecule has 2 aromatic heterocycles. The Hall–Kier alpha value is -2.21. The molecule has 1 saturated heterocycles. The van der Waals surface area contributed by atoms with Gasteiger partial charge in [0.1, 0.15) is 11.6 Å². The molecule has 0 radical (unpaired) electrons. The van der Waals surface area contributed by atoms with Crippen molar-refractivity contribution in [1.82, 2.24) is 15.0 Å². The molecule has 1 aliphatic heterocycles. The Labute approximate surface area is 135 Å². The van der Waals surface area contributed by atoms with Crippen molar-refractivity contribution in [2.75, 3.05) is 30.4 Å². The van der Waals surface area contributed by atoms with Crippen LogP contribution in [0.5, 0.6) is 0 Å². The van der Waals surface area contributed by atoms with E-state index in [0.29, 0.717) is 17.8 Å². The van der Waals surface area contributed by atoms with Crippen LogP contribution in [0.2, 0.25) is 0 Å². The zero-order valence-electron chi connectivity index (χ0n) is 13.3. The largest absolute Gasteiger partial charge is 0.384 e. The Morgan fingerprint density at radius 1 is 1.26 bits per heavy atom. The van der Waals surface area contributed by atoms with Gasteiger partial charge in [-0.05, 0) is 31.9 Å². The summed E-state index contributed by atoms with van der Waals surface area (Å²) >= 11 is 0. The van der Waals surface area contributed by atoms with Gasteiger partial charge >= 0.3 is 0 Å². The number of anilines is 2. The minimum absolute atomic E-state index is 0.320. The van der Waals surface area contributed by atoms with Gasteiger partial charge in [-0.15, -0.1) is 0 Å². The van der Waals surface area contributed by atoms with Crippen molar-refractivity contribution in [2.45, 2.75) is 31.7 Å². The summed E-state index contributed by atoms with van der Waals surface area (Å²) in [6.07, 6.45) is 4.13. The van der Waals surface area contributed by atoms with Crippen molar-refractivity contribution in [3.8, 4) is 11.4 Å². The molecule has 0 unspecified atom stereocenters. The Morgan fingerprint density at radius 2 is 2.13 bits per heavy atom. The van der Waals surface area contributed by atoms with E-state index < -0.39 is 0 Å². The summed E-state index contributed by atoms with van der Waals surface area (Å²) in [5.74, 6) is 2.79. The summed E-state index contributed by atoms with van der Waals surface area (Å²) in [5, 5.41) is 0. The van der Waals surface area contributed by atoms with Gasteiger partial charge in [-0.2, -0.15) is 0 Å². The minimum Gasteiger partial charge on any atom is -0.384 e. The van der Waals surface area contributed by atoms with E-state index in [1.165, 1.54) is 12.8 Å². The minimum atomic E-state index is 0.320. The molecule has 120 valence electrons. The second kappa shape index (κ2) is 5.77. The number of rotatable bonds is 3. The number of morpholine rings is 1. The predicted octanol–water partition coefficient (Wildman–Crippen LogP) is 2.22. The summed E-state index contributed by atoms with van der Waals surface area (Å²) in [5.41, 5.74) is 7.87. The van der Waals surface area contributed by atoms with Gasteiger partial charge in [-0.3, -0.25) is 0 Å². The van der Waals surface area contributed by atoms with Crippen molar-refractivity contribution in [3.63, 3.8) is 0 Å². The lowest BCUT2D eigenvalue weighted by molar-refractivity contribution is 0.0985. The first-order valence-corrected chi connectivity index (χ1v) is 8.16. The number of hydrogen-bond donors (Lipinski definition) is 1. The van der Waals surface area contributed by atoms with Gasteiger partial charge in [-0.1, -0.05) is 0 Å². The molecule has 6 heteroatoms. The van der Waals surface area contributed by atoms with Crippen LogP contribution in [-0.4, -0.2) is 40.8 Å². The van der Waals surface area contributed by atoms with Crippen LogP contribution < -0.4 is 10.6 Å². The van der Waals surface area contributed by atoms with E-state index >= 15 is 0 Å². The molecule has 3 heterocycles. The molecule has 6 nitrogen and oxygen atoms in total. The van der Waals surface area contributed by atoms with Crippen molar-refractivity contribution >= 4 is 11.6 Å². The molecule has 1 atom stereocenters. The maximum atomic E-state index is 5.82. The number of nitrogens with two attached hydrogens (primary N) is 1. The first kappa shape index (κ1) is 14.4. The van der Waals surface area contributed by atoms with E-state index in [1.807, 2.05) is 12.1 Å². The molecular formula is C17H21N5O. The standard InChI is InChI=1S/C17H21N5O/c1-11-10-23-7-6-22(11)16-9-14(12-2-3-12)20-17(21-16)13-4-5-19-15(18)8-13/h4-5,8-9,11-12H,2-3,6-7,10H2,1H3,(H2,18,19)/t11-/m1/s1. The Bertz CT molecular complexity index is 716. The summed E-state index contributed by atoms with van der Waals surface area (Å²) in [4.78, 5) is 15.9. The normalized spacial score (nSPS) is 21.4. The fourth-order valence-corrected chi connectivity index (χ4v) is 2.97. The van der Waals surface area contributed by atoms with Crippen molar-refractivity contribution in [2.24, 2.45) is 0 Å². The number of aromatic nitrogens is 3. The van der Waals surface area contributed by atoms with E-state index in [4.69, 9.17) is 20.4 Å². The first-order valence-electron chi connectivity index (χ1n) is 8.16. The lowest BCUT2D eigenvalue weighted by Gasteiger charge is -2.34. The van der Waals surface area contributed by atoms with Crippen LogP contribution in [0.25, 0.3) is 11.4 Å². The monoisotopic (exact) mass is 311 g/mol. The Morgan fingerprint density at radius 3 is 2.87 bits per heavy atom. The third-order valence-electron chi connectivity index (χ3n) is 4.43. The van der Waals surface area contributed by atoms with E-state index in [2.05, 4.69) is 22.9 Å². The number of hydrogen-bond acceptors (Lipinski definition) is 6. The lowest BCUT2D eigenvalue weighted by atomic mass is 10.2. The van der Waals surface area contributed by atoms with E-state index in [9.17, 15) is 0 Å². The van der Waals surface area contributed by atoms with Gasteiger partial charge in [0.2, 0.25) is 0 Å². The van der Waals surface area contributed by atoms with Gasteiger partial charge < -0.3 is 15.4 Å². The average Bonchev–Trinajstić information content (AvgIpc) is 3.40. The second-order valence-electron chi connectivity index (χ2n) is 6.34. The number of pyridine rings is 1. The van der Waals surface area contributed by atoms with E-state index in [0.717, 1.165) is 42.7 Å². The Balaban J connectivity index is 1.76. The second-order valence-corrected chi connectivity index (χ2v) is 6.34. The predicted molar refractivity (Wildman–Crippen MR) is 89.3 cm³/mol. The lowest BCUT2D eigenvalue weighted by Crippen LogP contribution is -2.44. The molecule has 0 spiro atoms. The van der Waals surface area contributed by atoms with Crippen molar-refractivity contribution in [3.05, 3.63) is 30.1 Å². The molecule has 2 fully saturated rings. The van der Waals surface area contributed by atoms with E-state index in [1.54, 1.807) is 6.20 Å². The number of nitrogens with zero attached hydrogens (tertiary/aromatic N) is 4. The van der Waals surface area contributed by atoms with Gasteiger partial charge in [0.25, 0.3) is 0 Å². The van der Waals surface area contributed by atoms with Crippen LogP contribution in [0.4, 0.5) is 11.6 Å². The first-order chi connectivity index (χ1) is 11.2. The van der Waals surface area contributed by atoms with Crippen molar-refractivity contribution in [1.29, 1.82) is 0 Å². The van der Waals surface area contributed by atoms with Crippen LogP contribution in [-0.2, 0) is 4.74 Å². The number of ether oxygens (including phenoxy) is 1. The van der Waals surface area contributed by atoms with Crippen LogP contribution in [0, 0.1) is 0 Å². The SMILES string of the molecule is C[C@@H]1COCCN1c1cc(C2CC2)nc(-c2ccnc(N)c2)n1. The molecule has 0 aromatic carbocycles. The quantitative estimate of drug-likeness (QED) is 0.936. The maximum absolute atomic E-state index is 5.82. The summed E-state index contributed by atoms with van der Waals surface area (Å²) < 4.78 is 5.54. The molecule has 23 heavy (non-hydrogen) atoms. The Kier molecular flexibility index (Phi) is 3.61. The van der Waals surface area contributed by atoms with E-state index in [-0.39, 0.29) is 0 Å². The van der Waals surface area contributed by atoms with Crippen LogP contribution in [0.15, 0.2) is 24.4 Å². The third-order valence-corrected chi connectivity index (χ3v) is 4.43. The van der Waals surface area contributed by atoms with Gasteiger partial charge in [0, 0.05) is 36.0 Å². The van der Waals surface area contributed by atoms with Gasteiger partial charge in [-0.25, -0.2) is 15.0 Å². The fraction of sp³-hybridized carbons (Fsp3) is 0.471. The summed E-state index contributed by atoms with van der Waals surface area (Å²) in [7, 11) is 0. The third kappa shape index (κ3) is 2.99. The zero-order valence-corrected chi connectivity index (χ0v) is 13.3. The van der Waals surface area contributed by atoms with Crippen molar-refractivity contribution < 1.29 is 4.74 Å². The van der Waals surface area contributed by atoms with Gasteiger partial charge in [0.15, 0.2) is 5.82 Å².